The van der Waals surface area contributed by atoms with Crippen molar-refractivity contribution in [1.29, 1.82) is 0 Å². The van der Waals surface area contributed by atoms with Crippen molar-refractivity contribution in [2.24, 2.45) is 5.92 Å². The monoisotopic (exact) mass is 455 g/mol. The van der Waals surface area contributed by atoms with Gasteiger partial charge < -0.3 is 9.80 Å². The molecule has 1 heterocycles. The van der Waals surface area contributed by atoms with E-state index in [0.717, 1.165) is 41.8 Å². The van der Waals surface area contributed by atoms with Gasteiger partial charge in [0, 0.05) is 25.1 Å². The number of anilines is 3. The maximum Gasteiger partial charge on any atom is 0.232 e. The Labute approximate surface area is 189 Å². The molecule has 8 heteroatoms. The molecule has 7 nitrogen and oxygen atoms in total. The van der Waals surface area contributed by atoms with E-state index in [1.807, 2.05) is 42.2 Å². The molecular weight excluding hydrogens is 426 g/mol. The third-order valence-electron chi connectivity index (χ3n) is 6.34. The Morgan fingerprint density at radius 3 is 2.25 bits per heavy atom. The van der Waals surface area contributed by atoms with Crippen LogP contribution in [-0.4, -0.2) is 38.6 Å². The average molecular weight is 456 g/mol. The third-order valence-corrected chi connectivity index (χ3v) is 7.65. The molecule has 170 valence electrons. The molecule has 0 bridgehead atoms. The molecule has 1 aliphatic carbocycles. The van der Waals surface area contributed by atoms with Crippen LogP contribution in [0.15, 0.2) is 42.5 Å². The molecule has 0 aromatic heterocycles. The highest BCUT2D eigenvalue weighted by atomic mass is 32.2. The number of carbonyl (C=O) groups is 2. The van der Waals surface area contributed by atoms with E-state index >= 15 is 0 Å². The quantitative estimate of drug-likeness (QED) is 0.738. The second-order valence-electron chi connectivity index (χ2n) is 8.60. The van der Waals surface area contributed by atoms with Crippen LogP contribution in [0.25, 0.3) is 11.1 Å². The van der Waals surface area contributed by atoms with Crippen molar-refractivity contribution in [2.45, 2.75) is 46.1 Å². The standard InChI is InChI=1S/C24H29N3O4S/c1-4-32(30,31)25-21-11-8-18(9-12-21)20-10-13-22-23(14-20)26(24(29)19-6-5-7-19)15-16(2)27(22)17(3)28/h8-14,16,19,25H,4-7,15H2,1-3H3/t16-/m0/s1. The molecule has 0 saturated heterocycles. The number of amides is 2. The lowest BCUT2D eigenvalue weighted by molar-refractivity contribution is -0.125. The summed E-state index contributed by atoms with van der Waals surface area (Å²) >= 11 is 0. The highest BCUT2D eigenvalue weighted by Gasteiger charge is 2.37. The van der Waals surface area contributed by atoms with Crippen LogP contribution in [0.2, 0.25) is 0 Å². The van der Waals surface area contributed by atoms with E-state index < -0.39 is 10.0 Å². The highest BCUT2D eigenvalue weighted by molar-refractivity contribution is 7.92. The van der Waals surface area contributed by atoms with Gasteiger partial charge in [0.25, 0.3) is 0 Å². The second kappa shape index (κ2) is 8.58. The first kappa shape index (κ1) is 22.3. The smallest absolute Gasteiger partial charge is 0.232 e. The summed E-state index contributed by atoms with van der Waals surface area (Å²) in [4.78, 5) is 29.1. The first-order chi connectivity index (χ1) is 15.2. The topological polar surface area (TPSA) is 86.8 Å². The Balaban J connectivity index is 1.70. The minimum atomic E-state index is -3.34. The molecule has 1 saturated carbocycles. The molecule has 0 radical (unpaired) electrons. The third kappa shape index (κ3) is 4.24. The summed E-state index contributed by atoms with van der Waals surface area (Å²) < 4.78 is 26.1. The molecular formula is C24H29N3O4S. The largest absolute Gasteiger partial charge is 0.308 e. The molecule has 0 spiro atoms. The number of nitrogens with one attached hydrogen (secondary N) is 1. The van der Waals surface area contributed by atoms with Gasteiger partial charge in [0.05, 0.1) is 23.2 Å². The molecule has 2 aliphatic rings. The van der Waals surface area contributed by atoms with Crippen molar-refractivity contribution in [3.05, 3.63) is 42.5 Å². The van der Waals surface area contributed by atoms with Crippen LogP contribution in [0, 0.1) is 5.92 Å². The van der Waals surface area contributed by atoms with Crippen LogP contribution in [0.3, 0.4) is 0 Å². The number of rotatable bonds is 5. The van der Waals surface area contributed by atoms with Crippen molar-refractivity contribution in [2.75, 3.05) is 26.8 Å². The molecule has 1 N–H and O–H groups in total. The summed E-state index contributed by atoms with van der Waals surface area (Å²) in [6.45, 7) is 5.58. The number of nitrogens with zero attached hydrogens (tertiary/aromatic N) is 2. The minimum Gasteiger partial charge on any atom is -0.308 e. The Morgan fingerprint density at radius 2 is 1.69 bits per heavy atom. The van der Waals surface area contributed by atoms with Gasteiger partial charge in [-0.05, 0) is 62.1 Å². The van der Waals surface area contributed by atoms with Crippen LogP contribution in [0.5, 0.6) is 0 Å². The van der Waals surface area contributed by atoms with Crippen molar-refractivity contribution in [3.63, 3.8) is 0 Å². The van der Waals surface area contributed by atoms with E-state index in [1.165, 1.54) is 0 Å². The number of hydrogen-bond donors (Lipinski definition) is 1. The number of carbonyl (C=O) groups excluding carboxylic acids is 2. The van der Waals surface area contributed by atoms with Gasteiger partial charge in [0.15, 0.2) is 0 Å². The van der Waals surface area contributed by atoms with E-state index in [0.29, 0.717) is 12.2 Å². The zero-order chi connectivity index (χ0) is 23.0. The van der Waals surface area contributed by atoms with Gasteiger partial charge in [-0.1, -0.05) is 24.6 Å². The first-order valence-corrected chi connectivity index (χ1v) is 12.7. The number of benzene rings is 2. The van der Waals surface area contributed by atoms with Gasteiger partial charge in [0.2, 0.25) is 21.8 Å². The molecule has 2 aromatic carbocycles. The Bertz CT molecular complexity index is 1140. The summed E-state index contributed by atoms with van der Waals surface area (Å²) in [6.07, 6.45) is 2.93. The Hall–Kier alpha value is -2.87. The SMILES string of the molecule is CCS(=O)(=O)Nc1ccc(-c2ccc3c(c2)N(C(=O)C2CCC2)C[C@H](C)N3C(C)=O)cc1. The fraction of sp³-hybridized carbons (Fsp3) is 0.417. The first-order valence-electron chi connectivity index (χ1n) is 11.1. The average Bonchev–Trinajstić information content (AvgIpc) is 2.71. The minimum absolute atomic E-state index is 0.00943. The van der Waals surface area contributed by atoms with E-state index in [-0.39, 0.29) is 29.5 Å². The molecule has 4 rings (SSSR count). The van der Waals surface area contributed by atoms with Crippen LogP contribution < -0.4 is 14.5 Å². The van der Waals surface area contributed by atoms with Gasteiger partial charge in [0.1, 0.15) is 0 Å². The number of hydrogen-bond acceptors (Lipinski definition) is 4. The second-order valence-corrected chi connectivity index (χ2v) is 10.6. The van der Waals surface area contributed by atoms with Crippen LogP contribution in [-0.2, 0) is 19.6 Å². The fourth-order valence-electron chi connectivity index (χ4n) is 4.35. The van der Waals surface area contributed by atoms with Gasteiger partial charge in [-0.2, -0.15) is 0 Å². The zero-order valence-corrected chi connectivity index (χ0v) is 19.5. The van der Waals surface area contributed by atoms with Crippen molar-refractivity contribution in [3.8, 4) is 11.1 Å². The molecule has 32 heavy (non-hydrogen) atoms. The van der Waals surface area contributed by atoms with E-state index in [1.54, 1.807) is 30.9 Å². The van der Waals surface area contributed by atoms with E-state index in [4.69, 9.17) is 0 Å². The molecule has 1 aliphatic heterocycles. The summed E-state index contributed by atoms with van der Waals surface area (Å²) in [5, 5.41) is 0. The summed E-state index contributed by atoms with van der Waals surface area (Å²) in [5.41, 5.74) is 3.81. The highest BCUT2D eigenvalue weighted by Crippen LogP contribution is 2.41. The normalized spacial score (nSPS) is 18.7. The van der Waals surface area contributed by atoms with Gasteiger partial charge in [-0.25, -0.2) is 8.42 Å². The van der Waals surface area contributed by atoms with Crippen LogP contribution in [0.4, 0.5) is 17.1 Å². The maximum absolute atomic E-state index is 13.2. The molecule has 1 fully saturated rings. The number of fused-ring (bicyclic) bond motifs is 1. The van der Waals surface area contributed by atoms with Crippen LogP contribution in [0.1, 0.15) is 40.0 Å². The Kier molecular flexibility index (Phi) is 5.99. The zero-order valence-electron chi connectivity index (χ0n) is 18.7. The summed E-state index contributed by atoms with van der Waals surface area (Å²) in [6, 6.07) is 12.8. The maximum atomic E-state index is 13.2. The molecule has 2 amide bonds. The summed E-state index contributed by atoms with van der Waals surface area (Å²) in [7, 11) is -3.34. The van der Waals surface area contributed by atoms with Crippen LogP contribution >= 0.6 is 0 Å². The van der Waals surface area contributed by atoms with Crippen molar-refractivity contribution < 1.29 is 18.0 Å². The van der Waals surface area contributed by atoms with Gasteiger partial charge >= 0.3 is 0 Å². The van der Waals surface area contributed by atoms with Crippen molar-refractivity contribution >= 4 is 38.9 Å². The van der Waals surface area contributed by atoms with Gasteiger partial charge in [-0.15, -0.1) is 0 Å². The molecule has 0 unspecified atom stereocenters. The lowest BCUT2D eigenvalue weighted by atomic mass is 9.84. The molecule has 2 aromatic rings. The van der Waals surface area contributed by atoms with Gasteiger partial charge in [-0.3, -0.25) is 14.3 Å². The summed E-state index contributed by atoms with van der Waals surface area (Å²) in [5.74, 6) is 0.160. The molecule has 1 atom stereocenters. The predicted molar refractivity (Wildman–Crippen MR) is 127 cm³/mol. The predicted octanol–water partition coefficient (Wildman–Crippen LogP) is 4.00. The van der Waals surface area contributed by atoms with E-state index in [9.17, 15) is 18.0 Å². The fourth-order valence-corrected chi connectivity index (χ4v) is 4.99. The van der Waals surface area contributed by atoms with E-state index in [2.05, 4.69) is 4.72 Å². The lowest BCUT2D eigenvalue weighted by Gasteiger charge is -2.43. The Morgan fingerprint density at radius 1 is 1.03 bits per heavy atom. The number of sulfonamides is 1. The van der Waals surface area contributed by atoms with Crippen molar-refractivity contribution in [1.82, 2.24) is 0 Å². The lowest BCUT2D eigenvalue weighted by Crippen LogP contribution is -2.53.